The molecule has 0 amide bonds. The van der Waals surface area contributed by atoms with Crippen LogP contribution < -0.4 is 10.1 Å². The molecule has 2 aromatic heterocycles. The molecule has 0 aliphatic rings. The summed E-state index contributed by atoms with van der Waals surface area (Å²) in [5, 5.41) is 16.4. The van der Waals surface area contributed by atoms with Crippen LogP contribution in [0.3, 0.4) is 0 Å². The Kier molecular flexibility index (Phi) is 4.90. The number of nitrogens with zero attached hydrogens (tertiary/aromatic N) is 3. The molecule has 4 aromatic rings. The van der Waals surface area contributed by atoms with Gasteiger partial charge in [-0.1, -0.05) is 18.2 Å². The second kappa shape index (κ2) is 7.66. The van der Waals surface area contributed by atoms with E-state index in [9.17, 15) is 10.1 Å². The van der Waals surface area contributed by atoms with E-state index in [4.69, 9.17) is 16.3 Å². The number of hydrogen-bond acceptors (Lipinski definition) is 5. The maximum atomic E-state index is 11.7. The number of fused-ring (bicyclic) bond motifs is 1. The van der Waals surface area contributed by atoms with Crippen molar-refractivity contribution in [2.75, 3.05) is 5.32 Å². The number of hydrogen-bond donors (Lipinski definition) is 1. The Morgan fingerprint density at radius 2 is 1.83 bits per heavy atom. The third kappa shape index (κ3) is 3.64. The minimum atomic E-state index is -0.570. The van der Waals surface area contributed by atoms with Gasteiger partial charge in [0.15, 0.2) is 0 Å². The monoisotopic (exact) mass is 402 g/mol. The predicted octanol–water partition coefficient (Wildman–Crippen LogP) is 5.43. The number of benzene rings is 2. The first kappa shape index (κ1) is 18.5. The van der Waals surface area contributed by atoms with Gasteiger partial charge in [0.1, 0.15) is 17.6 Å². The maximum Gasteiger partial charge on any atom is 0.254 e. The lowest BCUT2D eigenvalue weighted by molar-refractivity contribution is 0.108. The Morgan fingerprint density at radius 1 is 1.14 bits per heavy atom. The fourth-order valence-electron chi connectivity index (χ4n) is 3.07. The standard InChI is InChI=1S/C22H15ClN4O2/c1-14-19(22(23)28)13-27-21(14)20(15(11-24)12-25-27)26-16-7-9-18(10-8-16)29-17-5-3-2-4-6-17/h2-10,12-13,26H,1H3. The van der Waals surface area contributed by atoms with Crippen molar-refractivity contribution in [2.45, 2.75) is 6.92 Å². The summed E-state index contributed by atoms with van der Waals surface area (Å²) in [5.41, 5.74) is 3.30. The number of nitriles is 1. The smallest absolute Gasteiger partial charge is 0.254 e. The molecule has 0 fully saturated rings. The molecule has 0 spiro atoms. The van der Waals surface area contributed by atoms with Crippen LogP contribution in [0.25, 0.3) is 5.52 Å². The molecule has 0 atom stereocenters. The highest BCUT2D eigenvalue weighted by molar-refractivity contribution is 6.68. The van der Waals surface area contributed by atoms with Crippen molar-refractivity contribution < 1.29 is 9.53 Å². The van der Waals surface area contributed by atoms with Crippen LogP contribution in [-0.2, 0) is 0 Å². The number of anilines is 2. The Labute approximate surface area is 171 Å². The normalized spacial score (nSPS) is 10.5. The molecule has 0 saturated heterocycles. The van der Waals surface area contributed by atoms with Crippen LogP contribution in [-0.4, -0.2) is 14.9 Å². The number of para-hydroxylation sites is 1. The van der Waals surface area contributed by atoms with Crippen molar-refractivity contribution in [3.05, 3.63) is 83.7 Å². The summed E-state index contributed by atoms with van der Waals surface area (Å²) in [6.45, 7) is 1.77. The number of rotatable bonds is 5. The molecule has 0 saturated carbocycles. The zero-order valence-electron chi connectivity index (χ0n) is 15.4. The van der Waals surface area contributed by atoms with Crippen molar-refractivity contribution in [3.8, 4) is 17.6 Å². The van der Waals surface area contributed by atoms with E-state index in [1.165, 1.54) is 6.20 Å². The second-order valence-corrected chi connectivity index (χ2v) is 6.69. The van der Waals surface area contributed by atoms with Gasteiger partial charge >= 0.3 is 0 Å². The van der Waals surface area contributed by atoms with E-state index in [0.29, 0.717) is 33.6 Å². The molecule has 2 aromatic carbocycles. The maximum absolute atomic E-state index is 11.7. The summed E-state index contributed by atoms with van der Waals surface area (Å²) in [6.07, 6.45) is 3.01. The number of carbonyl (C=O) groups is 1. The summed E-state index contributed by atoms with van der Waals surface area (Å²) < 4.78 is 7.34. The first-order valence-electron chi connectivity index (χ1n) is 8.77. The van der Waals surface area contributed by atoms with Gasteiger partial charge in [-0.05, 0) is 60.5 Å². The fourth-order valence-corrected chi connectivity index (χ4v) is 3.26. The molecule has 6 nitrogen and oxygen atoms in total. The minimum Gasteiger partial charge on any atom is -0.457 e. The molecular formula is C22H15ClN4O2. The van der Waals surface area contributed by atoms with Gasteiger partial charge in [-0.15, -0.1) is 0 Å². The van der Waals surface area contributed by atoms with E-state index in [1.54, 1.807) is 17.6 Å². The van der Waals surface area contributed by atoms with Gasteiger partial charge in [-0.3, -0.25) is 4.79 Å². The van der Waals surface area contributed by atoms with Gasteiger partial charge in [0.05, 0.1) is 28.5 Å². The zero-order chi connectivity index (χ0) is 20.4. The van der Waals surface area contributed by atoms with Crippen molar-refractivity contribution in [1.29, 1.82) is 5.26 Å². The number of ether oxygens (including phenoxy) is 1. The third-order valence-corrected chi connectivity index (χ3v) is 4.70. The highest BCUT2D eigenvalue weighted by Crippen LogP contribution is 2.31. The Balaban J connectivity index is 1.68. The molecule has 0 aliphatic heterocycles. The van der Waals surface area contributed by atoms with E-state index in [-0.39, 0.29) is 0 Å². The number of aryl methyl sites for hydroxylation is 1. The lowest BCUT2D eigenvalue weighted by Gasteiger charge is -2.12. The van der Waals surface area contributed by atoms with E-state index >= 15 is 0 Å². The van der Waals surface area contributed by atoms with Crippen LogP contribution in [0, 0.1) is 18.3 Å². The molecular weight excluding hydrogens is 388 g/mol. The van der Waals surface area contributed by atoms with Crippen molar-refractivity contribution >= 4 is 33.7 Å². The van der Waals surface area contributed by atoms with Crippen LogP contribution in [0.1, 0.15) is 21.5 Å². The molecule has 7 heteroatoms. The fraction of sp³-hybridized carbons (Fsp3) is 0.0455. The first-order chi connectivity index (χ1) is 14.1. The molecule has 29 heavy (non-hydrogen) atoms. The van der Waals surface area contributed by atoms with Crippen LogP contribution in [0.4, 0.5) is 11.4 Å². The number of halogens is 1. The average molecular weight is 403 g/mol. The van der Waals surface area contributed by atoms with Gasteiger partial charge in [0, 0.05) is 11.9 Å². The average Bonchev–Trinajstić information content (AvgIpc) is 3.08. The molecule has 2 heterocycles. The first-order valence-corrected chi connectivity index (χ1v) is 9.15. The summed E-state index contributed by atoms with van der Waals surface area (Å²) in [7, 11) is 0. The third-order valence-electron chi connectivity index (χ3n) is 4.49. The van der Waals surface area contributed by atoms with Crippen LogP contribution in [0.5, 0.6) is 11.5 Å². The van der Waals surface area contributed by atoms with Gasteiger partial charge in [0.25, 0.3) is 5.24 Å². The second-order valence-electron chi connectivity index (χ2n) is 6.34. The Hall–Kier alpha value is -3.82. The minimum absolute atomic E-state index is 0.351. The number of nitrogens with one attached hydrogen (secondary N) is 1. The van der Waals surface area contributed by atoms with Gasteiger partial charge in [-0.2, -0.15) is 10.4 Å². The summed E-state index contributed by atoms with van der Waals surface area (Å²) >= 11 is 5.67. The lowest BCUT2D eigenvalue weighted by atomic mass is 10.1. The van der Waals surface area contributed by atoms with E-state index in [2.05, 4.69) is 16.5 Å². The van der Waals surface area contributed by atoms with E-state index < -0.39 is 5.24 Å². The van der Waals surface area contributed by atoms with Crippen molar-refractivity contribution in [1.82, 2.24) is 9.61 Å². The summed E-state index contributed by atoms with van der Waals surface area (Å²) in [5.74, 6) is 1.44. The molecule has 0 bridgehead atoms. The van der Waals surface area contributed by atoms with Crippen LogP contribution in [0.15, 0.2) is 67.0 Å². The Morgan fingerprint density at radius 3 is 2.48 bits per heavy atom. The van der Waals surface area contributed by atoms with Crippen LogP contribution >= 0.6 is 11.6 Å². The highest BCUT2D eigenvalue weighted by Gasteiger charge is 2.18. The summed E-state index contributed by atoms with van der Waals surface area (Å²) in [6, 6.07) is 19.0. The van der Waals surface area contributed by atoms with Crippen molar-refractivity contribution in [3.63, 3.8) is 0 Å². The van der Waals surface area contributed by atoms with Gasteiger partial charge < -0.3 is 10.1 Å². The predicted molar refractivity (Wildman–Crippen MR) is 111 cm³/mol. The van der Waals surface area contributed by atoms with Crippen molar-refractivity contribution in [2.24, 2.45) is 0 Å². The van der Waals surface area contributed by atoms with Crippen LogP contribution in [0.2, 0.25) is 0 Å². The molecule has 4 rings (SSSR count). The molecule has 142 valence electrons. The quantitative estimate of drug-likeness (QED) is 0.450. The Bertz CT molecular complexity index is 1240. The number of aromatic nitrogens is 2. The highest BCUT2D eigenvalue weighted by atomic mass is 35.5. The molecule has 0 radical (unpaired) electrons. The molecule has 1 N–H and O–H groups in total. The van der Waals surface area contributed by atoms with Gasteiger partial charge in [0.2, 0.25) is 0 Å². The molecule has 0 unspecified atom stereocenters. The SMILES string of the molecule is Cc1c(C(=O)Cl)cn2ncc(C#N)c(Nc3ccc(Oc4ccccc4)cc3)c12. The topological polar surface area (TPSA) is 79.4 Å². The summed E-state index contributed by atoms with van der Waals surface area (Å²) in [4.78, 5) is 11.7. The van der Waals surface area contributed by atoms with Gasteiger partial charge in [-0.25, -0.2) is 4.52 Å². The number of carbonyl (C=O) groups excluding carboxylic acids is 1. The largest absolute Gasteiger partial charge is 0.457 e. The zero-order valence-corrected chi connectivity index (χ0v) is 16.1. The molecule has 0 aliphatic carbocycles. The van der Waals surface area contributed by atoms with E-state index in [0.717, 1.165) is 11.4 Å². The van der Waals surface area contributed by atoms with E-state index in [1.807, 2.05) is 54.6 Å². The lowest BCUT2D eigenvalue weighted by Crippen LogP contribution is -2.00.